The van der Waals surface area contributed by atoms with Crippen LogP contribution < -0.4 is 5.73 Å². The molecule has 0 heterocycles. The van der Waals surface area contributed by atoms with Crippen molar-refractivity contribution in [3.05, 3.63) is 57.6 Å². The van der Waals surface area contributed by atoms with Crippen molar-refractivity contribution in [2.24, 2.45) is 20.9 Å². The van der Waals surface area contributed by atoms with Gasteiger partial charge in [0, 0.05) is 25.8 Å². The third-order valence-electron chi connectivity index (χ3n) is 2.93. The Morgan fingerprint density at radius 2 is 1.80 bits per heavy atom. The van der Waals surface area contributed by atoms with Crippen molar-refractivity contribution in [3.63, 3.8) is 0 Å². The first-order valence-electron chi connectivity index (χ1n) is 6.81. The van der Waals surface area contributed by atoms with Crippen LogP contribution in [-0.4, -0.2) is 34.1 Å². The summed E-state index contributed by atoms with van der Waals surface area (Å²) in [6.07, 6.45) is 3.32. The number of aliphatic imine (C=N–C) groups is 1. The average molecular weight is 385 g/mol. The smallest absolute Gasteiger partial charge is 0.240 e. The van der Waals surface area contributed by atoms with Gasteiger partial charge in [0.1, 0.15) is 0 Å². The molecule has 0 fully saturated rings. The molecule has 7 nitrogen and oxygen atoms in total. The summed E-state index contributed by atoms with van der Waals surface area (Å²) in [5.74, 6) is -0.425. The molecular formula is C16H18Cl2N4O3. The zero-order valence-corrected chi connectivity index (χ0v) is 14.4. The van der Waals surface area contributed by atoms with E-state index in [1.54, 1.807) is 24.3 Å². The number of nitrogens with two attached hydrogens (primary N) is 1. The van der Waals surface area contributed by atoms with E-state index in [4.69, 9.17) is 28.9 Å². The molecule has 0 aliphatic rings. The van der Waals surface area contributed by atoms with E-state index < -0.39 is 0 Å². The van der Waals surface area contributed by atoms with Crippen molar-refractivity contribution in [1.82, 2.24) is 0 Å². The topological polar surface area (TPSA) is 135 Å². The lowest BCUT2D eigenvalue weighted by atomic mass is 10.1. The number of phenolic OH excluding ortho intramolecular Hbond substituents is 2. The lowest BCUT2D eigenvalue weighted by molar-refractivity contribution is 0.403. The summed E-state index contributed by atoms with van der Waals surface area (Å²) in [5, 5.41) is 27.0. The number of hydrogen-bond acceptors (Lipinski definition) is 4. The second kappa shape index (κ2) is 9.63. The van der Waals surface area contributed by atoms with E-state index in [1.807, 2.05) is 0 Å². The van der Waals surface area contributed by atoms with Crippen LogP contribution in [0.15, 0.2) is 51.6 Å². The molecule has 9 heteroatoms. The number of rotatable bonds is 4. The van der Waals surface area contributed by atoms with Crippen molar-refractivity contribution in [1.29, 1.82) is 0 Å². The maximum Gasteiger partial charge on any atom is 0.240 e. The largest absolute Gasteiger partial charge is 0.504 e. The maximum absolute atomic E-state index is 9.39. The van der Waals surface area contributed by atoms with Gasteiger partial charge in [-0.1, -0.05) is 35.3 Å². The maximum atomic E-state index is 9.39. The second-order valence-corrected chi connectivity index (χ2v) is 5.49. The predicted molar refractivity (Wildman–Crippen MR) is 103 cm³/mol. The van der Waals surface area contributed by atoms with Gasteiger partial charge in [-0.15, -0.1) is 5.10 Å². The zero-order valence-electron chi connectivity index (χ0n) is 12.9. The lowest BCUT2D eigenvalue weighted by Crippen LogP contribution is -2.08. The summed E-state index contributed by atoms with van der Waals surface area (Å²) in [6.45, 7) is 0. The SMILES string of the molecule is NC(N=Cc1c(Cl)cccc1Cl)=NN=CCc1ccc(O)c(O)c1.O.[HH]. The number of aromatic hydroxyl groups is 2. The molecule has 0 saturated carbocycles. The zero-order chi connectivity index (χ0) is 17.5. The average Bonchev–Trinajstić information content (AvgIpc) is 2.54. The van der Waals surface area contributed by atoms with E-state index >= 15 is 0 Å². The molecular weight excluding hydrogens is 367 g/mol. The Bertz CT molecular complexity index is 809. The van der Waals surface area contributed by atoms with Crippen LogP contribution in [0.25, 0.3) is 0 Å². The number of halogens is 2. The highest BCUT2D eigenvalue weighted by Gasteiger charge is 2.02. The number of phenols is 2. The van der Waals surface area contributed by atoms with Crippen LogP contribution in [0, 0.1) is 0 Å². The minimum absolute atomic E-state index is 0. The van der Waals surface area contributed by atoms with E-state index in [0.717, 1.165) is 5.56 Å². The number of nitrogens with zero attached hydrogens (tertiary/aromatic N) is 3. The van der Waals surface area contributed by atoms with Crippen LogP contribution >= 0.6 is 23.2 Å². The molecule has 2 aromatic carbocycles. The lowest BCUT2D eigenvalue weighted by Gasteiger charge is -2.00. The Labute approximate surface area is 155 Å². The fourth-order valence-corrected chi connectivity index (χ4v) is 2.23. The van der Waals surface area contributed by atoms with Crippen molar-refractivity contribution < 1.29 is 17.1 Å². The Kier molecular flexibility index (Phi) is 7.87. The molecule has 0 spiro atoms. The summed E-state index contributed by atoms with van der Waals surface area (Å²) < 4.78 is 0. The molecule has 0 aromatic heterocycles. The first-order valence-corrected chi connectivity index (χ1v) is 7.57. The first-order chi connectivity index (χ1) is 11.5. The van der Waals surface area contributed by atoms with E-state index in [0.29, 0.717) is 22.0 Å². The van der Waals surface area contributed by atoms with Crippen molar-refractivity contribution in [2.45, 2.75) is 6.42 Å². The van der Waals surface area contributed by atoms with Crippen LogP contribution in [-0.2, 0) is 6.42 Å². The summed E-state index contributed by atoms with van der Waals surface area (Å²) >= 11 is 12.0. The van der Waals surface area contributed by atoms with Gasteiger partial charge in [-0.2, -0.15) is 5.10 Å². The molecule has 0 atom stereocenters. The van der Waals surface area contributed by atoms with Gasteiger partial charge < -0.3 is 21.4 Å². The molecule has 0 unspecified atom stereocenters. The van der Waals surface area contributed by atoms with Crippen molar-refractivity contribution in [3.8, 4) is 11.5 Å². The normalized spacial score (nSPS) is 11.8. The highest BCUT2D eigenvalue weighted by Crippen LogP contribution is 2.24. The molecule has 0 bridgehead atoms. The summed E-state index contributed by atoms with van der Waals surface area (Å²) in [7, 11) is 0. The minimum atomic E-state index is -0.190. The molecule has 2 aromatic rings. The standard InChI is InChI=1S/C16H14Cl2N4O2.H2O.H2/c17-12-2-1-3-13(18)11(12)9-20-16(19)22-21-7-6-10-4-5-14(23)15(24)8-10;;/h1-5,7-9,23-24H,6H2,(H2,19,22);1H2;1H. The Hall–Kier alpha value is -2.61. The van der Waals surface area contributed by atoms with Crippen LogP contribution in [0.1, 0.15) is 12.6 Å². The first kappa shape index (κ1) is 20.4. The Morgan fingerprint density at radius 3 is 2.44 bits per heavy atom. The van der Waals surface area contributed by atoms with Crippen LogP contribution in [0.2, 0.25) is 10.0 Å². The molecule has 0 saturated heterocycles. The third-order valence-corrected chi connectivity index (χ3v) is 3.59. The molecule has 0 aliphatic heterocycles. The number of benzene rings is 2. The summed E-state index contributed by atoms with van der Waals surface area (Å²) in [6, 6.07) is 9.59. The summed E-state index contributed by atoms with van der Waals surface area (Å²) in [5.41, 5.74) is 6.93. The highest BCUT2D eigenvalue weighted by atomic mass is 35.5. The van der Waals surface area contributed by atoms with Crippen LogP contribution in [0.4, 0.5) is 0 Å². The number of guanidine groups is 1. The molecule has 2 rings (SSSR count). The van der Waals surface area contributed by atoms with Crippen LogP contribution in [0.3, 0.4) is 0 Å². The van der Waals surface area contributed by atoms with Crippen LogP contribution in [0.5, 0.6) is 11.5 Å². The molecule has 0 aliphatic carbocycles. The van der Waals surface area contributed by atoms with E-state index in [1.165, 1.54) is 24.6 Å². The fraction of sp³-hybridized carbons (Fsp3) is 0.0625. The second-order valence-electron chi connectivity index (χ2n) is 4.68. The van der Waals surface area contributed by atoms with Gasteiger partial charge in [-0.3, -0.25) is 0 Å². The third kappa shape index (κ3) is 6.07. The van der Waals surface area contributed by atoms with Gasteiger partial charge in [-0.25, -0.2) is 4.99 Å². The van der Waals surface area contributed by atoms with E-state index in [-0.39, 0.29) is 24.4 Å². The summed E-state index contributed by atoms with van der Waals surface area (Å²) in [4.78, 5) is 3.93. The van der Waals surface area contributed by atoms with Crippen molar-refractivity contribution >= 4 is 41.6 Å². The van der Waals surface area contributed by atoms with Gasteiger partial charge in [0.05, 0.1) is 10.0 Å². The van der Waals surface area contributed by atoms with E-state index in [9.17, 15) is 10.2 Å². The van der Waals surface area contributed by atoms with Gasteiger partial charge in [0.25, 0.3) is 0 Å². The Morgan fingerprint density at radius 1 is 1.12 bits per heavy atom. The highest BCUT2D eigenvalue weighted by molar-refractivity contribution is 6.38. The molecule has 0 amide bonds. The monoisotopic (exact) mass is 384 g/mol. The van der Waals surface area contributed by atoms with Gasteiger partial charge in [0.15, 0.2) is 11.5 Å². The van der Waals surface area contributed by atoms with Crippen molar-refractivity contribution in [2.75, 3.05) is 0 Å². The van der Waals surface area contributed by atoms with E-state index in [2.05, 4.69) is 15.2 Å². The van der Waals surface area contributed by atoms with Gasteiger partial charge >= 0.3 is 0 Å². The Balaban J connectivity index is 0.00000312. The molecule has 6 N–H and O–H groups in total. The predicted octanol–water partition coefficient (Wildman–Crippen LogP) is 2.79. The molecule has 134 valence electrons. The van der Waals surface area contributed by atoms with Gasteiger partial charge in [0.2, 0.25) is 5.96 Å². The molecule has 0 radical (unpaired) electrons. The molecule has 25 heavy (non-hydrogen) atoms. The van der Waals surface area contributed by atoms with Gasteiger partial charge in [-0.05, 0) is 29.8 Å². The quantitative estimate of drug-likeness (QED) is 0.323. The number of hydrogen-bond donors (Lipinski definition) is 3. The fourth-order valence-electron chi connectivity index (χ4n) is 1.73. The minimum Gasteiger partial charge on any atom is -0.504 e.